The molecule has 0 radical (unpaired) electrons. The number of aromatic nitrogens is 3. The molecule has 1 aliphatic carbocycles. The van der Waals surface area contributed by atoms with Gasteiger partial charge in [-0.05, 0) is 55.7 Å². The first-order chi connectivity index (χ1) is 11.2. The highest BCUT2D eigenvalue weighted by Gasteiger charge is 2.29. The molecular weight excluding hydrogens is 288 g/mol. The highest BCUT2D eigenvalue weighted by Crippen LogP contribution is 2.40. The van der Waals surface area contributed by atoms with Crippen LogP contribution in [0.5, 0.6) is 5.75 Å². The van der Waals surface area contributed by atoms with Crippen LogP contribution in [0.2, 0.25) is 0 Å². The van der Waals surface area contributed by atoms with E-state index in [4.69, 9.17) is 15.5 Å². The largest absolute Gasteiger partial charge is 0.492 e. The summed E-state index contributed by atoms with van der Waals surface area (Å²) in [5.74, 6) is 2.57. The maximum Gasteiger partial charge on any atom is 0.160 e. The number of hydrogen-bond donors (Lipinski definition) is 1. The zero-order valence-corrected chi connectivity index (χ0v) is 13.2. The quantitative estimate of drug-likeness (QED) is 0.735. The van der Waals surface area contributed by atoms with Crippen LogP contribution in [0.15, 0.2) is 36.5 Å². The molecule has 2 aromatic heterocycles. The lowest BCUT2D eigenvalue weighted by atomic mass is 10.3. The van der Waals surface area contributed by atoms with Crippen LogP contribution in [0.25, 0.3) is 11.2 Å². The smallest absolute Gasteiger partial charge is 0.160 e. The van der Waals surface area contributed by atoms with Crippen molar-refractivity contribution in [2.24, 2.45) is 0 Å². The molecule has 0 unspecified atom stereocenters. The second-order valence-electron chi connectivity index (χ2n) is 6.17. The van der Waals surface area contributed by atoms with E-state index in [1.807, 2.05) is 37.4 Å². The number of hydrogen-bond acceptors (Lipinski definition) is 4. The summed E-state index contributed by atoms with van der Waals surface area (Å²) in [6, 6.07) is 9.59. The first kappa shape index (κ1) is 14.1. The van der Waals surface area contributed by atoms with Gasteiger partial charge in [0, 0.05) is 17.8 Å². The van der Waals surface area contributed by atoms with Crippen molar-refractivity contribution >= 4 is 16.9 Å². The van der Waals surface area contributed by atoms with Crippen molar-refractivity contribution in [2.45, 2.75) is 32.2 Å². The number of rotatable bonds is 5. The van der Waals surface area contributed by atoms with Gasteiger partial charge >= 0.3 is 0 Å². The maximum absolute atomic E-state index is 5.83. The monoisotopic (exact) mass is 308 g/mol. The zero-order chi connectivity index (χ0) is 15.8. The van der Waals surface area contributed by atoms with Crippen LogP contribution in [-0.2, 0) is 6.54 Å². The van der Waals surface area contributed by atoms with Crippen molar-refractivity contribution in [2.75, 3.05) is 12.3 Å². The Morgan fingerprint density at radius 2 is 2.04 bits per heavy atom. The number of aryl methyl sites for hydroxylation is 1. The van der Waals surface area contributed by atoms with E-state index in [0.29, 0.717) is 12.5 Å². The average molecular weight is 308 g/mol. The Balaban J connectivity index is 1.55. The van der Waals surface area contributed by atoms with E-state index in [-0.39, 0.29) is 0 Å². The Morgan fingerprint density at radius 3 is 2.78 bits per heavy atom. The van der Waals surface area contributed by atoms with Gasteiger partial charge in [0.2, 0.25) is 0 Å². The zero-order valence-electron chi connectivity index (χ0n) is 13.2. The van der Waals surface area contributed by atoms with E-state index >= 15 is 0 Å². The minimum Gasteiger partial charge on any atom is -0.492 e. The van der Waals surface area contributed by atoms with Gasteiger partial charge < -0.3 is 15.0 Å². The number of benzene rings is 1. The van der Waals surface area contributed by atoms with E-state index in [1.165, 1.54) is 12.8 Å². The van der Waals surface area contributed by atoms with Crippen LogP contribution in [0.1, 0.15) is 30.1 Å². The molecule has 2 N–H and O–H groups in total. The van der Waals surface area contributed by atoms with Crippen molar-refractivity contribution in [3.8, 4) is 5.75 Å². The lowest BCUT2D eigenvalue weighted by Crippen LogP contribution is -2.11. The molecule has 1 aromatic carbocycles. The molecule has 3 aromatic rings. The first-order valence-electron chi connectivity index (χ1n) is 8.02. The molecule has 118 valence electrons. The maximum atomic E-state index is 5.83. The molecule has 1 aliphatic rings. The van der Waals surface area contributed by atoms with Gasteiger partial charge in [0.15, 0.2) is 5.65 Å². The van der Waals surface area contributed by atoms with Gasteiger partial charge in [-0.15, -0.1) is 0 Å². The molecule has 0 bridgehead atoms. The van der Waals surface area contributed by atoms with E-state index in [1.54, 1.807) is 0 Å². The average Bonchev–Trinajstić information content (AvgIpc) is 3.32. The number of nitrogen functional groups attached to an aromatic ring is 1. The van der Waals surface area contributed by atoms with Crippen LogP contribution in [0.4, 0.5) is 5.69 Å². The Kier molecular flexibility index (Phi) is 3.41. The molecule has 5 nitrogen and oxygen atoms in total. The van der Waals surface area contributed by atoms with Crippen molar-refractivity contribution in [1.29, 1.82) is 0 Å². The van der Waals surface area contributed by atoms with Gasteiger partial charge in [-0.3, -0.25) is 0 Å². The molecular formula is C18H20N4O. The molecule has 1 saturated carbocycles. The Bertz CT molecular complexity index is 834. The summed E-state index contributed by atoms with van der Waals surface area (Å²) in [6.45, 7) is 3.39. The van der Waals surface area contributed by atoms with Crippen LogP contribution < -0.4 is 10.5 Å². The Hall–Kier alpha value is -2.56. The van der Waals surface area contributed by atoms with Gasteiger partial charge in [0.05, 0.1) is 6.54 Å². The molecule has 1 fully saturated rings. The van der Waals surface area contributed by atoms with Gasteiger partial charge in [-0.2, -0.15) is 0 Å². The molecule has 4 rings (SSSR count). The van der Waals surface area contributed by atoms with E-state index in [9.17, 15) is 0 Å². The third-order valence-electron chi connectivity index (χ3n) is 4.16. The molecule has 0 atom stereocenters. The highest BCUT2D eigenvalue weighted by atomic mass is 16.5. The van der Waals surface area contributed by atoms with Crippen molar-refractivity contribution in [1.82, 2.24) is 14.5 Å². The van der Waals surface area contributed by atoms with Crippen LogP contribution >= 0.6 is 0 Å². The summed E-state index contributed by atoms with van der Waals surface area (Å²) in [6.07, 6.45) is 4.35. The number of pyridine rings is 1. The summed E-state index contributed by atoms with van der Waals surface area (Å²) >= 11 is 0. The molecule has 0 aliphatic heterocycles. The van der Waals surface area contributed by atoms with Crippen LogP contribution in [-0.4, -0.2) is 21.1 Å². The SMILES string of the molecule is Cc1cnc2c(c1)nc(C1CC1)n2CCOc1ccc(N)cc1. The molecule has 0 amide bonds. The summed E-state index contributed by atoms with van der Waals surface area (Å²) in [7, 11) is 0. The first-order valence-corrected chi connectivity index (χ1v) is 8.02. The van der Waals surface area contributed by atoms with Crippen molar-refractivity contribution in [3.63, 3.8) is 0 Å². The van der Waals surface area contributed by atoms with Crippen LogP contribution in [0.3, 0.4) is 0 Å². The summed E-state index contributed by atoms with van der Waals surface area (Å²) in [5.41, 5.74) is 9.52. The van der Waals surface area contributed by atoms with E-state index in [0.717, 1.165) is 40.5 Å². The second kappa shape index (κ2) is 5.57. The standard InChI is InChI=1S/C18H20N4O/c1-12-10-16-18(20-11-12)22(17(21-16)13-2-3-13)8-9-23-15-6-4-14(19)5-7-15/h4-7,10-11,13H,2-3,8-9,19H2,1H3. The lowest BCUT2D eigenvalue weighted by molar-refractivity contribution is 0.298. The fraction of sp³-hybridized carbons (Fsp3) is 0.333. The van der Waals surface area contributed by atoms with Crippen molar-refractivity contribution < 1.29 is 4.74 Å². The number of anilines is 1. The second-order valence-corrected chi connectivity index (χ2v) is 6.17. The third-order valence-corrected chi connectivity index (χ3v) is 4.16. The number of fused-ring (bicyclic) bond motifs is 1. The minimum absolute atomic E-state index is 0.584. The molecule has 5 heteroatoms. The normalized spacial score (nSPS) is 14.3. The fourth-order valence-corrected chi connectivity index (χ4v) is 2.82. The van der Waals surface area contributed by atoms with Gasteiger partial charge in [-0.1, -0.05) is 0 Å². The molecule has 23 heavy (non-hydrogen) atoms. The van der Waals surface area contributed by atoms with Crippen LogP contribution in [0, 0.1) is 6.92 Å². The number of nitrogens with two attached hydrogens (primary N) is 1. The predicted octanol–water partition coefficient (Wildman–Crippen LogP) is 3.28. The third kappa shape index (κ3) is 2.86. The van der Waals surface area contributed by atoms with E-state index < -0.39 is 0 Å². The number of nitrogens with zero attached hydrogens (tertiary/aromatic N) is 3. The lowest BCUT2D eigenvalue weighted by Gasteiger charge is -2.10. The van der Waals surface area contributed by atoms with Gasteiger partial charge in [0.25, 0.3) is 0 Å². The van der Waals surface area contributed by atoms with Gasteiger partial charge in [-0.25, -0.2) is 9.97 Å². The predicted molar refractivity (Wildman–Crippen MR) is 90.6 cm³/mol. The number of imidazole rings is 1. The topological polar surface area (TPSA) is 66.0 Å². The van der Waals surface area contributed by atoms with Gasteiger partial charge in [0.1, 0.15) is 23.7 Å². The minimum atomic E-state index is 0.584. The molecule has 0 spiro atoms. The summed E-state index contributed by atoms with van der Waals surface area (Å²) in [4.78, 5) is 9.38. The Labute approximate surface area is 135 Å². The number of ether oxygens (including phenoxy) is 1. The van der Waals surface area contributed by atoms with Crippen molar-refractivity contribution in [3.05, 3.63) is 47.9 Å². The highest BCUT2D eigenvalue weighted by molar-refractivity contribution is 5.72. The fourth-order valence-electron chi connectivity index (χ4n) is 2.82. The van der Waals surface area contributed by atoms with E-state index in [2.05, 4.69) is 15.6 Å². The molecule has 0 saturated heterocycles. The summed E-state index contributed by atoms with van der Waals surface area (Å²) < 4.78 is 8.04. The Morgan fingerprint density at radius 1 is 1.26 bits per heavy atom. The summed E-state index contributed by atoms with van der Waals surface area (Å²) in [5, 5.41) is 0. The molecule has 2 heterocycles.